The molecule has 0 spiro atoms. The lowest BCUT2D eigenvalue weighted by molar-refractivity contribution is -0.123. The second-order valence-electron chi connectivity index (χ2n) is 5.93. The number of hydrogen-bond donors (Lipinski definition) is 3. The smallest absolute Gasteiger partial charge is 0.258 e. The second-order valence-corrected chi connectivity index (χ2v) is 5.93. The molecule has 1 aromatic heterocycles. The first-order valence-electron chi connectivity index (χ1n) is 8.99. The van der Waals surface area contributed by atoms with Crippen molar-refractivity contribution in [1.82, 2.24) is 20.6 Å². The van der Waals surface area contributed by atoms with E-state index in [9.17, 15) is 9.59 Å². The van der Waals surface area contributed by atoms with Gasteiger partial charge in [0, 0.05) is 18.7 Å². The highest BCUT2D eigenvalue weighted by Gasteiger charge is 2.07. The summed E-state index contributed by atoms with van der Waals surface area (Å²) in [6.45, 7) is 3.03. The van der Waals surface area contributed by atoms with E-state index in [1.807, 2.05) is 6.92 Å². The van der Waals surface area contributed by atoms with Crippen LogP contribution in [-0.2, 0) is 4.79 Å². The SMILES string of the molecule is CCOc1ccc(OCC(=O)NCCNC(=O)c2ccc3nc[nH]c3c2)cc1. The molecule has 2 amide bonds. The van der Waals surface area contributed by atoms with E-state index in [0.717, 1.165) is 16.8 Å². The van der Waals surface area contributed by atoms with Crippen molar-refractivity contribution in [3.63, 3.8) is 0 Å². The van der Waals surface area contributed by atoms with Gasteiger partial charge >= 0.3 is 0 Å². The number of amides is 2. The van der Waals surface area contributed by atoms with Crippen LogP contribution in [-0.4, -0.2) is 48.1 Å². The summed E-state index contributed by atoms with van der Waals surface area (Å²) in [5, 5.41) is 5.46. The molecule has 28 heavy (non-hydrogen) atoms. The maximum Gasteiger partial charge on any atom is 0.258 e. The first kappa shape index (κ1) is 19.2. The number of ether oxygens (including phenoxy) is 2. The van der Waals surface area contributed by atoms with E-state index in [0.29, 0.717) is 31.0 Å². The summed E-state index contributed by atoms with van der Waals surface area (Å²) in [5.74, 6) is 0.862. The van der Waals surface area contributed by atoms with Crippen LogP contribution >= 0.6 is 0 Å². The minimum atomic E-state index is -0.262. The Morgan fingerprint density at radius 2 is 1.71 bits per heavy atom. The third kappa shape index (κ3) is 5.23. The molecule has 0 bridgehead atoms. The fourth-order valence-corrected chi connectivity index (χ4v) is 2.56. The number of aromatic amines is 1. The Bertz CT molecular complexity index is 937. The summed E-state index contributed by atoms with van der Waals surface area (Å²) in [5.41, 5.74) is 2.13. The van der Waals surface area contributed by atoms with Gasteiger partial charge < -0.3 is 25.1 Å². The third-order valence-corrected chi connectivity index (χ3v) is 3.92. The molecule has 0 aliphatic carbocycles. The van der Waals surface area contributed by atoms with Crippen LogP contribution < -0.4 is 20.1 Å². The van der Waals surface area contributed by atoms with Gasteiger partial charge in [0.25, 0.3) is 11.8 Å². The van der Waals surface area contributed by atoms with E-state index < -0.39 is 0 Å². The molecule has 0 radical (unpaired) electrons. The van der Waals surface area contributed by atoms with Crippen LogP contribution in [0.15, 0.2) is 48.8 Å². The van der Waals surface area contributed by atoms with Crippen molar-refractivity contribution >= 4 is 22.8 Å². The average molecular weight is 382 g/mol. The van der Waals surface area contributed by atoms with Gasteiger partial charge in [-0.25, -0.2) is 4.98 Å². The lowest BCUT2D eigenvalue weighted by Gasteiger charge is -2.09. The second kappa shape index (κ2) is 9.40. The molecule has 0 fully saturated rings. The molecule has 3 N–H and O–H groups in total. The summed E-state index contributed by atoms with van der Waals surface area (Å²) >= 11 is 0. The fourth-order valence-electron chi connectivity index (χ4n) is 2.56. The Kier molecular flexibility index (Phi) is 6.46. The number of fused-ring (bicyclic) bond motifs is 1. The van der Waals surface area contributed by atoms with Gasteiger partial charge in [-0.1, -0.05) is 0 Å². The molecular weight excluding hydrogens is 360 g/mol. The summed E-state index contributed by atoms with van der Waals surface area (Å²) in [6, 6.07) is 12.3. The van der Waals surface area contributed by atoms with Gasteiger partial charge in [-0.05, 0) is 49.4 Å². The zero-order chi connectivity index (χ0) is 19.8. The van der Waals surface area contributed by atoms with Gasteiger partial charge in [0.15, 0.2) is 6.61 Å². The number of carbonyl (C=O) groups is 2. The highest BCUT2D eigenvalue weighted by atomic mass is 16.5. The fraction of sp³-hybridized carbons (Fsp3) is 0.250. The normalized spacial score (nSPS) is 10.5. The lowest BCUT2D eigenvalue weighted by atomic mass is 10.2. The van der Waals surface area contributed by atoms with Crippen LogP contribution in [0.3, 0.4) is 0 Å². The number of H-pyrrole nitrogens is 1. The van der Waals surface area contributed by atoms with Crippen molar-refractivity contribution in [3.8, 4) is 11.5 Å². The maximum absolute atomic E-state index is 12.1. The molecule has 0 saturated carbocycles. The molecule has 8 heteroatoms. The van der Waals surface area contributed by atoms with Crippen molar-refractivity contribution in [2.24, 2.45) is 0 Å². The molecule has 0 aliphatic heterocycles. The van der Waals surface area contributed by atoms with Gasteiger partial charge in [0.1, 0.15) is 11.5 Å². The van der Waals surface area contributed by atoms with Crippen LogP contribution in [0.5, 0.6) is 11.5 Å². The number of imidazole rings is 1. The molecule has 1 heterocycles. The van der Waals surface area contributed by atoms with E-state index >= 15 is 0 Å². The van der Waals surface area contributed by atoms with E-state index in [4.69, 9.17) is 9.47 Å². The van der Waals surface area contributed by atoms with Crippen LogP contribution in [0, 0.1) is 0 Å². The standard InChI is InChI=1S/C20H22N4O4/c1-2-27-15-4-6-16(7-5-15)28-12-19(25)21-9-10-22-20(26)14-3-8-17-18(11-14)24-13-23-17/h3-8,11,13H,2,9-10,12H2,1H3,(H,21,25)(H,22,26)(H,23,24). The Labute approximate surface area is 162 Å². The van der Waals surface area contributed by atoms with E-state index in [1.165, 1.54) is 0 Å². The van der Waals surface area contributed by atoms with Crippen molar-refractivity contribution in [2.75, 3.05) is 26.3 Å². The number of rotatable bonds is 9. The summed E-state index contributed by atoms with van der Waals surface area (Å²) in [7, 11) is 0. The molecule has 0 unspecified atom stereocenters. The summed E-state index contributed by atoms with van der Waals surface area (Å²) < 4.78 is 10.8. The third-order valence-electron chi connectivity index (χ3n) is 3.92. The molecular formula is C20H22N4O4. The van der Waals surface area contributed by atoms with Gasteiger partial charge in [-0.3, -0.25) is 9.59 Å². The predicted octanol–water partition coefficient (Wildman–Crippen LogP) is 1.89. The molecule has 0 atom stereocenters. The maximum atomic E-state index is 12.1. The van der Waals surface area contributed by atoms with E-state index in [-0.39, 0.29) is 18.4 Å². The zero-order valence-corrected chi connectivity index (χ0v) is 15.5. The molecule has 146 valence electrons. The van der Waals surface area contributed by atoms with Crippen LogP contribution in [0.1, 0.15) is 17.3 Å². The van der Waals surface area contributed by atoms with Gasteiger partial charge in [0.05, 0.1) is 24.0 Å². The minimum absolute atomic E-state index is 0.0988. The number of aromatic nitrogens is 2. The average Bonchev–Trinajstić information content (AvgIpc) is 3.18. The zero-order valence-electron chi connectivity index (χ0n) is 15.5. The Morgan fingerprint density at radius 3 is 2.46 bits per heavy atom. The van der Waals surface area contributed by atoms with E-state index in [1.54, 1.807) is 48.8 Å². The highest BCUT2D eigenvalue weighted by Crippen LogP contribution is 2.17. The molecule has 0 saturated heterocycles. The first-order valence-corrected chi connectivity index (χ1v) is 8.99. The van der Waals surface area contributed by atoms with Crippen molar-refractivity contribution in [1.29, 1.82) is 0 Å². The van der Waals surface area contributed by atoms with Crippen LogP contribution in [0.2, 0.25) is 0 Å². The van der Waals surface area contributed by atoms with Crippen LogP contribution in [0.4, 0.5) is 0 Å². The number of benzene rings is 2. The number of carbonyl (C=O) groups excluding carboxylic acids is 2. The van der Waals surface area contributed by atoms with Gasteiger partial charge in [-0.15, -0.1) is 0 Å². The quantitative estimate of drug-likeness (QED) is 0.490. The highest BCUT2D eigenvalue weighted by molar-refractivity contribution is 5.97. The predicted molar refractivity (Wildman–Crippen MR) is 105 cm³/mol. The van der Waals surface area contributed by atoms with Crippen molar-refractivity contribution in [2.45, 2.75) is 6.92 Å². The molecule has 3 rings (SSSR count). The Hall–Kier alpha value is -3.55. The van der Waals surface area contributed by atoms with Crippen LogP contribution in [0.25, 0.3) is 11.0 Å². The molecule has 0 aliphatic rings. The number of nitrogens with one attached hydrogen (secondary N) is 3. The molecule has 2 aromatic carbocycles. The number of hydrogen-bond acceptors (Lipinski definition) is 5. The lowest BCUT2D eigenvalue weighted by Crippen LogP contribution is -2.36. The van der Waals surface area contributed by atoms with Crippen molar-refractivity contribution < 1.29 is 19.1 Å². The topological polar surface area (TPSA) is 105 Å². The monoisotopic (exact) mass is 382 g/mol. The van der Waals surface area contributed by atoms with Gasteiger partial charge in [-0.2, -0.15) is 0 Å². The Morgan fingerprint density at radius 1 is 1.00 bits per heavy atom. The van der Waals surface area contributed by atoms with E-state index in [2.05, 4.69) is 20.6 Å². The summed E-state index contributed by atoms with van der Waals surface area (Å²) in [6.07, 6.45) is 1.58. The van der Waals surface area contributed by atoms with Crippen molar-refractivity contribution in [3.05, 3.63) is 54.4 Å². The largest absolute Gasteiger partial charge is 0.494 e. The Balaban J connectivity index is 1.35. The summed E-state index contributed by atoms with van der Waals surface area (Å²) in [4.78, 5) is 31.1. The minimum Gasteiger partial charge on any atom is -0.494 e. The number of nitrogens with zero attached hydrogens (tertiary/aromatic N) is 1. The van der Waals surface area contributed by atoms with Gasteiger partial charge in [0.2, 0.25) is 0 Å². The first-order chi connectivity index (χ1) is 13.7. The molecule has 3 aromatic rings. The molecule has 8 nitrogen and oxygen atoms in total.